The molecule has 0 saturated heterocycles. The molecule has 0 aliphatic carbocycles. The number of rotatable bonds is 8. The van der Waals surface area contributed by atoms with E-state index in [1.807, 2.05) is 0 Å². The third kappa shape index (κ3) is 5.29. The van der Waals surface area contributed by atoms with Gasteiger partial charge in [0.25, 0.3) is 5.69 Å². The lowest BCUT2D eigenvalue weighted by molar-refractivity contribution is -0.384. The molecule has 0 aromatic heterocycles. The number of benzene rings is 1. The van der Waals surface area contributed by atoms with E-state index in [2.05, 4.69) is 4.72 Å². The lowest BCUT2D eigenvalue weighted by atomic mass is 10.2. The number of hydrogen-bond acceptors (Lipinski definition) is 5. The van der Waals surface area contributed by atoms with Gasteiger partial charge in [-0.1, -0.05) is 11.6 Å². The second-order valence-corrected chi connectivity index (χ2v) is 6.26. The summed E-state index contributed by atoms with van der Waals surface area (Å²) in [5, 5.41) is 18.7. The minimum atomic E-state index is -3.89. The van der Waals surface area contributed by atoms with Crippen molar-refractivity contribution in [2.24, 2.45) is 0 Å². The Bertz CT molecular complexity index is 646. The number of hydrogen-bond donors (Lipinski definition) is 2. The largest absolute Gasteiger partial charge is 0.481 e. The molecule has 21 heavy (non-hydrogen) atoms. The van der Waals surface area contributed by atoms with Gasteiger partial charge >= 0.3 is 5.97 Å². The van der Waals surface area contributed by atoms with Crippen molar-refractivity contribution in [1.29, 1.82) is 0 Å². The van der Waals surface area contributed by atoms with Crippen LogP contribution in [0.1, 0.15) is 19.3 Å². The quantitative estimate of drug-likeness (QED) is 0.423. The van der Waals surface area contributed by atoms with Crippen LogP contribution in [0.4, 0.5) is 5.69 Å². The Morgan fingerprint density at radius 2 is 2.05 bits per heavy atom. The highest BCUT2D eigenvalue weighted by molar-refractivity contribution is 7.89. The minimum absolute atomic E-state index is 0.0417. The fraction of sp³-hybridized carbons (Fsp3) is 0.364. The van der Waals surface area contributed by atoms with Crippen molar-refractivity contribution in [2.75, 3.05) is 6.54 Å². The van der Waals surface area contributed by atoms with Crippen LogP contribution in [0.15, 0.2) is 23.1 Å². The molecule has 0 heterocycles. The maximum absolute atomic E-state index is 11.9. The van der Waals surface area contributed by atoms with Gasteiger partial charge in [-0.15, -0.1) is 0 Å². The molecular formula is C11H13ClN2O6S. The fourth-order valence-electron chi connectivity index (χ4n) is 1.51. The van der Waals surface area contributed by atoms with E-state index < -0.39 is 20.9 Å². The maximum atomic E-state index is 11.9. The van der Waals surface area contributed by atoms with Crippen molar-refractivity contribution in [2.45, 2.75) is 24.2 Å². The highest BCUT2D eigenvalue weighted by atomic mass is 35.5. The zero-order chi connectivity index (χ0) is 16.0. The first-order valence-corrected chi connectivity index (χ1v) is 7.75. The first-order chi connectivity index (χ1) is 9.74. The second kappa shape index (κ2) is 7.34. The van der Waals surface area contributed by atoms with Crippen LogP contribution in [-0.4, -0.2) is 31.0 Å². The molecular weight excluding hydrogens is 324 g/mol. The Morgan fingerprint density at radius 3 is 2.57 bits per heavy atom. The highest BCUT2D eigenvalue weighted by Crippen LogP contribution is 2.25. The molecule has 0 amide bonds. The van der Waals surface area contributed by atoms with Crippen molar-refractivity contribution < 1.29 is 23.2 Å². The minimum Gasteiger partial charge on any atom is -0.481 e. The lowest BCUT2D eigenvalue weighted by Crippen LogP contribution is -2.25. The summed E-state index contributed by atoms with van der Waals surface area (Å²) in [5.41, 5.74) is -0.305. The van der Waals surface area contributed by atoms with Crippen molar-refractivity contribution in [3.63, 3.8) is 0 Å². The summed E-state index contributed by atoms with van der Waals surface area (Å²) >= 11 is 5.74. The molecule has 0 fully saturated rings. The number of aliphatic carboxylic acids is 1. The molecule has 116 valence electrons. The van der Waals surface area contributed by atoms with E-state index >= 15 is 0 Å². The molecule has 1 aromatic rings. The summed E-state index contributed by atoms with van der Waals surface area (Å²) in [7, 11) is -3.89. The van der Waals surface area contributed by atoms with Crippen LogP contribution in [0.2, 0.25) is 5.02 Å². The zero-order valence-corrected chi connectivity index (χ0v) is 12.4. The number of nitrogens with one attached hydrogen (secondary N) is 1. The topological polar surface area (TPSA) is 127 Å². The molecule has 0 aliphatic heterocycles. The second-order valence-electron chi connectivity index (χ2n) is 4.12. The van der Waals surface area contributed by atoms with E-state index in [0.29, 0.717) is 12.8 Å². The average molecular weight is 337 g/mol. The number of nitro groups is 1. The van der Waals surface area contributed by atoms with E-state index in [-0.39, 0.29) is 28.6 Å². The number of sulfonamides is 1. The normalized spacial score (nSPS) is 11.3. The van der Waals surface area contributed by atoms with Crippen molar-refractivity contribution in [3.05, 3.63) is 33.3 Å². The summed E-state index contributed by atoms with van der Waals surface area (Å²) in [6.07, 6.45) is 0.655. The first kappa shape index (κ1) is 17.3. The van der Waals surface area contributed by atoms with E-state index in [0.717, 1.165) is 18.2 Å². The molecule has 0 bridgehead atoms. The lowest BCUT2D eigenvalue weighted by Gasteiger charge is -2.07. The standard InChI is InChI=1S/C11H13ClN2O6S/c12-9-7-8(14(17)18)4-5-10(9)21(19,20)13-6-2-1-3-11(15)16/h4-5,7,13H,1-3,6H2,(H,15,16). The molecule has 0 saturated carbocycles. The molecule has 0 radical (unpaired) electrons. The average Bonchev–Trinajstić information content (AvgIpc) is 2.37. The van der Waals surface area contributed by atoms with Crippen LogP contribution in [0.5, 0.6) is 0 Å². The molecule has 0 spiro atoms. The van der Waals surface area contributed by atoms with Gasteiger partial charge in [-0.3, -0.25) is 14.9 Å². The van der Waals surface area contributed by atoms with Gasteiger partial charge in [0.2, 0.25) is 10.0 Å². The third-order valence-corrected chi connectivity index (χ3v) is 4.47. The Labute approximate surface area is 125 Å². The Hall–Kier alpha value is -1.71. The Balaban J connectivity index is 2.70. The van der Waals surface area contributed by atoms with E-state index in [1.165, 1.54) is 0 Å². The predicted octanol–water partition coefficient (Wildman–Crippen LogP) is 1.78. The number of carbonyl (C=O) groups is 1. The Morgan fingerprint density at radius 1 is 1.38 bits per heavy atom. The van der Waals surface area contributed by atoms with E-state index in [9.17, 15) is 23.3 Å². The number of nitro benzene ring substituents is 1. The van der Waals surface area contributed by atoms with Gasteiger partial charge in [0, 0.05) is 25.1 Å². The van der Waals surface area contributed by atoms with Gasteiger partial charge in [-0.2, -0.15) is 0 Å². The van der Waals surface area contributed by atoms with Crippen LogP contribution in [0.3, 0.4) is 0 Å². The van der Waals surface area contributed by atoms with E-state index in [4.69, 9.17) is 16.7 Å². The molecule has 2 N–H and O–H groups in total. The predicted molar refractivity (Wildman–Crippen MR) is 74.8 cm³/mol. The molecule has 0 aliphatic rings. The van der Waals surface area contributed by atoms with Crippen LogP contribution in [0, 0.1) is 10.1 Å². The number of carboxylic acids is 1. The fourth-order valence-corrected chi connectivity index (χ4v) is 3.12. The van der Waals surface area contributed by atoms with Crippen LogP contribution in [-0.2, 0) is 14.8 Å². The van der Waals surface area contributed by atoms with E-state index in [1.54, 1.807) is 0 Å². The first-order valence-electron chi connectivity index (χ1n) is 5.89. The summed E-state index contributed by atoms with van der Waals surface area (Å²) in [5.74, 6) is -0.948. The van der Waals surface area contributed by atoms with Gasteiger partial charge in [-0.05, 0) is 18.9 Å². The molecule has 1 rings (SSSR count). The molecule has 0 unspecified atom stereocenters. The van der Waals surface area contributed by atoms with Crippen molar-refractivity contribution in [1.82, 2.24) is 4.72 Å². The SMILES string of the molecule is O=C(O)CCCCNS(=O)(=O)c1ccc([N+](=O)[O-])cc1Cl. The summed E-state index contributed by atoms with van der Waals surface area (Å²) < 4.78 is 26.2. The van der Waals surface area contributed by atoms with Gasteiger partial charge in [0.15, 0.2) is 0 Å². The maximum Gasteiger partial charge on any atom is 0.303 e. The van der Waals surface area contributed by atoms with Crippen LogP contribution < -0.4 is 4.72 Å². The summed E-state index contributed by atoms with van der Waals surface area (Å²) in [6, 6.07) is 3.06. The Kier molecular flexibility index (Phi) is 6.06. The third-order valence-electron chi connectivity index (χ3n) is 2.53. The summed E-state index contributed by atoms with van der Waals surface area (Å²) in [6.45, 7) is 0.0585. The van der Waals surface area contributed by atoms with Crippen molar-refractivity contribution in [3.8, 4) is 0 Å². The smallest absolute Gasteiger partial charge is 0.303 e. The highest BCUT2D eigenvalue weighted by Gasteiger charge is 2.20. The van der Waals surface area contributed by atoms with Gasteiger partial charge in [-0.25, -0.2) is 13.1 Å². The number of unbranched alkanes of at least 4 members (excludes halogenated alkanes) is 1. The van der Waals surface area contributed by atoms with Gasteiger partial charge in [0.05, 0.1) is 9.95 Å². The van der Waals surface area contributed by atoms with Crippen LogP contribution in [0.25, 0.3) is 0 Å². The summed E-state index contributed by atoms with van der Waals surface area (Å²) in [4.78, 5) is 19.9. The van der Waals surface area contributed by atoms with Gasteiger partial charge < -0.3 is 5.11 Å². The van der Waals surface area contributed by atoms with Crippen LogP contribution >= 0.6 is 11.6 Å². The molecule has 10 heteroatoms. The number of carboxylic acid groups (broad SMARTS) is 1. The number of halogens is 1. The molecule has 0 atom stereocenters. The zero-order valence-electron chi connectivity index (χ0n) is 10.8. The molecule has 1 aromatic carbocycles. The molecule has 8 nitrogen and oxygen atoms in total. The number of nitrogens with zero attached hydrogens (tertiary/aromatic N) is 1. The number of non-ortho nitro benzene ring substituents is 1. The monoisotopic (exact) mass is 336 g/mol. The van der Waals surface area contributed by atoms with Gasteiger partial charge in [0.1, 0.15) is 4.90 Å². The van der Waals surface area contributed by atoms with Crippen molar-refractivity contribution >= 4 is 33.3 Å².